The molecule has 23 heavy (non-hydrogen) atoms. The van der Waals surface area contributed by atoms with Crippen molar-refractivity contribution in [3.8, 4) is 0 Å². The highest BCUT2D eigenvalue weighted by atomic mass is 35.5. The van der Waals surface area contributed by atoms with Crippen molar-refractivity contribution in [1.82, 2.24) is 4.98 Å². The molecule has 0 bridgehead atoms. The minimum atomic E-state index is -0.200. The van der Waals surface area contributed by atoms with E-state index in [0.717, 1.165) is 11.3 Å². The molecule has 1 aromatic heterocycles. The molecule has 0 aliphatic heterocycles. The molecule has 0 aliphatic carbocycles. The second kappa shape index (κ2) is 6.59. The van der Waals surface area contributed by atoms with Crippen LogP contribution in [0.4, 0.5) is 11.5 Å². The minimum absolute atomic E-state index is 0.0610. The summed E-state index contributed by atoms with van der Waals surface area (Å²) in [5.41, 5.74) is 2.32. The lowest BCUT2D eigenvalue weighted by molar-refractivity contribution is 0.102. The lowest BCUT2D eigenvalue weighted by atomic mass is 9.86. The molecule has 0 radical (unpaired) electrons. The van der Waals surface area contributed by atoms with E-state index in [1.54, 1.807) is 12.1 Å². The van der Waals surface area contributed by atoms with Crippen molar-refractivity contribution in [3.63, 3.8) is 0 Å². The fourth-order valence-corrected chi connectivity index (χ4v) is 2.49. The average Bonchev–Trinajstić information content (AvgIpc) is 2.46. The van der Waals surface area contributed by atoms with Crippen molar-refractivity contribution >= 4 is 29.0 Å². The van der Waals surface area contributed by atoms with E-state index in [1.807, 2.05) is 43.3 Å². The predicted molar refractivity (Wildman–Crippen MR) is 96.7 cm³/mol. The third-order valence-corrected chi connectivity index (χ3v) is 3.68. The zero-order chi connectivity index (χ0) is 17.2. The molecule has 1 aromatic carbocycles. The first kappa shape index (κ1) is 17.3. The number of amides is 1. The number of carbonyl (C=O) groups is 1. The number of hydrogen-bond acceptors (Lipinski definition) is 3. The summed E-state index contributed by atoms with van der Waals surface area (Å²) in [5, 5.41) is 3.28. The van der Waals surface area contributed by atoms with E-state index in [-0.39, 0.29) is 11.3 Å². The van der Waals surface area contributed by atoms with Crippen LogP contribution in [0.25, 0.3) is 0 Å². The molecule has 1 heterocycles. The van der Waals surface area contributed by atoms with E-state index in [0.29, 0.717) is 16.5 Å². The molecule has 0 saturated carbocycles. The summed E-state index contributed by atoms with van der Waals surface area (Å²) >= 11 is 6.03. The summed E-state index contributed by atoms with van der Waals surface area (Å²) in [5.74, 6) is 0.445. The van der Waals surface area contributed by atoms with Crippen molar-refractivity contribution in [2.24, 2.45) is 0 Å². The summed E-state index contributed by atoms with van der Waals surface area (Å²) in [6.45, 7) is 6.35. The summed E-state index contributed by atoms with van der Waals surface area (Å²) in [6, 6.07) is 11.1. The molecule has 5 heteroatoms. The molecule has 122 valence electrons. The van der Waals surface area contributed by atoms with Gasteiger partial charge < -0.3 is 10.2 Å². The molecule has 0 fully saturated rings. The van der Waals surface area contributed by atoms with Gasteiger partial charge in [0.15, 0.2) is 0 Å². The summed E-state index contributed by atoms with van der Waals surface area (Å²) in [6.07, 6.45) is 0. The smallest absolute Gasteiger partial charge is 0.255 e. The zero-order valence-corrected chi connectivity index (χ0v) is 14.9. The van der Waals surface area contributed by atoms with Gasteiger partial charge in [0.25, 0.3) is 5.91 Å². The van der Waals surface area contributed by atoms with Crippen LogP contribution in [-0.2, 0) is 5.41 Å². The Morgan fingerprint density at radius 2 is 1.83 bits per heavy atom. The number of rotatable bonds is 3. The van der Waals surface area contributed by atoms with Gasteiger partial charge in [0.05, 0.1) is 0 Å². The Morgan fingerprint density at radius 3 is 2.43 bits per heavy atom. The van der Waals surface area contributed by atoms with Crippen LogP contribution in [0.2, 0.25) is 5.15 Å². The molecule has 2 aromatic rings. The van der Waals surface area contributed by atoms with Gasteiger partial charge in [-0.25, -0.2) is 4.98 Å². The highest BCUT2D eigenvalue weighted by molar-refractivity contribution is 6.30. The lowest BCUT2D eigenvalue weighted by Crippen LogP contribution is -2.19. The summed E-state index contributed by atoms with van der Waals surface area (Å²) in [7, 11) is 3.71. The number of para-hydroxylation sites is 1. The molecule has 4 nitrogen and oxygen atoms in total. The summed E-state index contributed by atoms with van der Waals surface area (Å²) in [4.78, 5) is 18.6. The SMILES string of the molecule is CN(C)c1cc(C(=O)Nc2ccccc2C(C)(C)C)cc(Cl)n1. The third-order valence-electron chi connectivity index (χ3n) is 3.48. The maximum Gasteiger partial charge on any atom is 0.255 e. The summed E-state index contributed by atoms with van der Waals surface area (Å²) < 4.78 is 0. The highest BCUT2D eigenvalue weighted by Crippen LogP contribution is 2.29. The number of nitrogens with zero attached hydrogens (tertiary/aromatic N) is 2. The largest absolute Gasteiger partial charge is 0.363 e. The molecule has 0 aliphatic rings. The van der Waals surface area contributed by atoms with Crippen LogP contribution in [0.5, 0.6) is 0 Å². The van der Waals surface area contributed by atoms with Crippen LogP contribution in [0.15, 0.2) is 36.4 Å². The Balaban J connectivity index is 2.34. The first-order valence-corrected chi connectivity index (χ1v) is 7.82. The van der Waals surface area contributed by atoms with Crippen LogP contribution in [0.3, 0.4) is 0 Å². The highest BCUT2D eigenvalue weighted by Gasteiger charge is 2.19. The van der Waals surface area contributed by atoms with Gasteiger partial charge in [-0.3, -0.25) is 4.79 Å². The molecule has 2 rings (SSSR count). The Hall–Kier alpha value is -2.07. The Bertz CT molecular complexity index is 720. The number of halogens is 1. The van der Waals surface area contributed by atoms with E-state index in [2.05, 4.69) is 31.1 Å². The third kappa shape index (κ3) is 4.23. The first-order valence-electron chi connectivity index (χ1n) is 7.44. The van der Waals surface area contributed by atoms with E-state index >= 15 is 0 Å². The number of carbonyl (C=O) groups excluding carboxylic acids is 1. The molecule has 1 N–H and O–H groups in total. The van der Waals surface area contributed by atoms with Gasteiger partial charge in [0, 0.05) is 25.3 Å². The average molecular weight is 332 g/mol. The Kier molecular flexibility index (Phi) is 4.95. The molecule has 0 spiro atoms. The Morgan fingerprint density at radius 1 is 1.17 bits per heavy atom. The van der Waals surface area contributed by atoms with Gasteiger partial charge in [-0.2, -0.15) is 0 Å². The van der Waals surface area contributed by atoms with Crippen molar-refractivity contribution in [3.05, 3.63) is 52.7 Å². The van der Waals surface area contributed by atoms with Gasteiger partial charge in [0.1, 0.15) is 11.0 Å². The molecule has 0 saturated heterocycles. The van der Waals surface area contributed by atoms with E-state index in [1.165, 1.54) is 0 Å². The molecule has 1 amide bonds. The standard InChI is InChI=1S/C18H22ClN3O/c1-18(2,3)13-8-6-7-9-14(13)20-17(23)12-10-15(19)21-16(11-12)22(4)5/h6-11H,1-5H3,(H,20,23). The fourth-order valence-electron chi connectivity index (χ4n) is 2.28. The van der Waals surface area contributed by atoms with Crippen molar-refractivity contribution in [1.29, 1.82) is 0 Å². The monoisotopic (exact) mass is 331 g/mol. The van der Waals surface area contributed by atoms with Gasteiger partial charge in [-0.15, -0.1) is 0 Å². The van der Waals surface area contributed by atoms with Crippen LogP contribution >= 0.6 is 11.6 Å². The van der Waals surface area contributed by atoms with Gasteiger partial charge >= 0.3 is 0 Å². The maximum absolute atomic E-state index is 12.6. The van der Waals surface area contributed by atoms with Crippen LogP contribution in [-0.4, -0.2) is 25.0 Å². The quantitative estimate of drug-likeness (QED) is 0.850. The number of hydrogen-bond donors (Lipinski definition) is 1. The normalized spacial score (nSPS) is 11.2. The lowest BCUT2D eigenvalue weighted by Gasteiger charge is -2.23. The predicted octanol–water partition coefficient (Wildman–Crippen LogP) is 4.35. The van der Waals surface area contributed by atoms with Gasteiger partial charge in [-0.1, -0.05) is 50.6 Å². The van der Waals surface area contributed by atoms with E-state index in [9.17, 15) is 4.79 Å². The molecular weight excluding hydrogens is 310 g/mol. The maximum atomic E-state index is 12.6. The van der Waals surface area contributed by atoms with Crippen LogP contribution < -0.4 is 10.2 Å². The van der Waals surface area contributed by atoms with Crippen LogP contribution in [0, 0.1) is 0 Å². The zero-order valence-electron chi connectivity index (χ0n) is 14.1. The number of pyridine rings is 1. The molecule has 0 unspecified atom stereocenters. The van der Waals surface area contributed by atoms with Crippen LogP contribution in [0.1, 0.15) is 36.7 Å². The fraction of sp³-hybridized carbons (Fsp3) is 0.333. The van der Waals surface area contributed by atoms with Gasteiger partial charge in [0.2, 0.25) is 0 Å². The van der Waals surface area contributed by atoms with Crippen molar-refractivity contribution in [2.75, 3.05) is 24.3 Å². The number of aromatic nitrogens is 1. The number of anilines is 2. The molecular formula is C18H22ClN3O. The van der Waals surface area contributed by atoms with Gasteiger partial charge in [-0.05, 0) is 29.2 Å². The number of nitrogens with one attached hydrogen (secondary N) is 1. The second-order valence-electron chi connectivity index (χ2n) is 6.68. The topological polar surface area (TPSA) is 45.2 Å². The first-order chi connectivity index (χ1) is 10.7. The minimum Gasteiger partial charge on any atom is -0.363 e. The second-order valence-corrected chi connectivity index (χ2v) is 7.07. The van der Waals surface area contributed by atoms with E-state index < -0.39 is 0 Å². The number of benzene rings is 1. The van der Waals surface area contributed by atoms with E-state index in [4.69, 9.17) is 11.6 Å². The van der Waals surface area contributed by atoms with Crippen molar-refractivity contribution in [2.45, 2.75) is 26.2 Å². The Labute approximate surface area is 142 Å². The van der Waals surface area contributed by atoms with Crippen molar-refractivity contribution < 1.29 is 4.79 Å². The molecule has 0 atom stereocenters.